The number of rotatable bonds is 4. The number of hydrogen-bond donors (Lipinski definition) is 0. The number of carbonyl (C=O) groups excluding carboxylic acids is 1. The first-order valence-electron chi connectivity index (χ1n) is 5.36. The molecule has 3 nitrogen and oxygen atoms in total. The van der Waals surface area contributed by atoms with Crippen LogP contribution in [-0.4, -0.2) is 17.9 Å². The molecule has 0 aliphatic heterocycles. The van der Waals surface area contributed by atoms with Gasteiger partial charge in [-0.15, -0.1) is 13.2 Å². The topological polar surface area (TPSA) is 35.5 Å². The van der Waals surface area contributed by atoms with E-state index in [0.717, 1.165) is 6.07 Å². The van der Waals surface area contributed by atoms with Gasteiger partial charge in [0.1, 0.15) is 16.9 Å². The molecule has 0 saturated heterocycles. The second-order valence-electron chi connectivity index (χ2n) is 4.24. The van der Waals surface area contributed by atoms with Crippen molar-refractivity contribution in [1.82, 2.24) is 0 Å². The predicted octanol–water partition coefficient (Wildman–Crippen LogP) is 3.71. The van der Waals surface area contributed by atoms with Crippen LogP contribution in [0.1, 0.15) is 24.2 Å². The number of ether oxygens (including phenoxy) is 2. The van der Waals surface area contributed by atoms with Crippen LogP contribution in [0, 0.1) is 0 Å². The van der Waals surface area contributed by atoms with Gasteiger partial charge in [-0.2, -0.15) is 0 Å². The van der Waals surface area contributed by atoms with Crippen molar-refractivity contribution in [1.29, 1.82) is 0 Å². The molecule has 0 fully saturated rings. The standard InChI is InChI=1S/C13H13F3O3/c1-4-12(2,3)19-11(17)9-7-5-6-8-10(9)18-13(14,15)16/h4-8H,1H2,2-3H3. The molecule has 0 spiro atoms. The van der Waals surface area contributed by atoms with Gasteiger partial charge in [0.15, 0.2) is 0 Å². The molecule has 1 aromatic rings. The molecule has 1 rings (SSSR count). The molecule has 0 unspecified atom stereocenters. The third kappa shape index (κ3) is 4.65. The zero-order valence-electron chi connectivity index (χ0n) is 10.5. The summed E-state index contributed by atoms with van der Waals surface area (Å²) >= 11 is 0. The Morgan fingerprint density at radius 1 is 1.26 bits per heavy atom. The Kier molecular flexibility index (Phi) is 4.24. The normalized spacial score (nSPS) is 11.8. The number of alkyl halides is 3. The van der Waals surface area contributed by atoms with Crippen molar-refractivity contribution in [2.45, 2.75) is 25.8 Å². The molecule has 104 valence electrons. The third-order valence-electron chi connectivity index (χ3n) is 2.18. The first-order valence-corrected chi connectivity index (χ1v) is 5.36. The lowest BCUT2D eigenvalue weighted by Crippen LogP contribution is -2.26. The Bertz CT molecular complexity index is 478. The molecule has 0 saturated carbocycles. The Labute approximate surface area is 108 Å². The maximum Gasteiger partial charge on any atom is 0.573 e. The molecule has 19 heavy (non-hydrogen) atoms. The SMILES string of the molecule is C=CC(C)(C)OC(=O)c1ccccc1OC(F)(F)F. The molecule has 0 aromatic heterocycles. The molecule has 0 bridgehead atoms. The molecule has 0 N–H and O–H groups in total. The average molecular weight is 274 g/mol. The van der Waals surface area contributed by atoms with E-state index < -0.39 is 23.7 Å². The summed E-state index contributed by atoms with van der Waals surface area (Å²) in [5, 5.41) is 0. The van der Waals surface area contributed by atoms with E-state index in [-0.39, 0.29) is 5.56 Å². The summed E-state index contributed by atoms with van der Waals surface area (Å²) in [7, 11) is 0. The van der Waals surface area contributed by atoms with Crippen LogP contribution in [0.15, 0.2) is 36.9 Å². The Morgan fingerprint density at radius 3 is 2.37 bits per heavy atom. The molecule has 1 aromatic carbocycles. The molecule has 0 aliphatic rings. The van der Waals surface area contributed by atoms with E-state index in [2.05, 4.69) is 11.3 Å². The highest BCUT2D eigenvalue weighted by molar-refractivity contribution is 5.92. The third-order valence-corrected chi connectivity index (χ3v) is 2.18. The highest BCUT2D eigenvalue weighted by atomic mass is 19.4. The Balaban J connectivity index is 3.01. The second-order valence-corrected chi connectivity index (χ2v) is 4.24. The van der Waals surface area contributed by atoms with Crippen LogP contribution >= 0.6 is 0 Å². The molecular formula is C13H13F3O3. The van der Waals surface area contributed by atoms with Crippen molar-refractivity contribution in [3.8, 4) is 5.75 Å². The summed E-state index contributed by atoms with van der Waals surface area (Å²) in [6.45, 7) is 6.59. The lowest BCUT2D eigenvalue weighted by Gasteiger charge is -2.21. The van der Waals surface area contributed by atoms with Crippen LogP contribution < -0.4 is 4.74 Å². The van der Waals surface area contributed by atoms with Gasteiger partial charge >= 0.3 is 12.3 Å². The fourth-order valence-electron chi connectivity index (χ4n) is 1.18. The fraction of sp³-hybridized carbons (Fsp3) is 0.308. The summed E-state index contributed by atoms with van der Waals surface area (Å²) < 4.78 is 45.4. The Morgan fingerprint density at radius 2 is 1.84 bits per heavy atom. The van der Waals surface area contributed by atoms with Gasteiger partial charge in [-0.3, -0.25) is 0 Å². The zero-order valence-corrected chi connectivity index (χ0v) is 10.5. The molecule has 0 amide bonds. The maximum absolute atomic E-state index is 12.2. The number of esters is 1. The van der Waals surface area contributed by atoms with Crippen LogP contribution in [0.5, 0.6) is 5.75 Å². The number of hydrogen-bond acceptors (Lipinski definition) is 3. The first-order chi connectivity index (χ1) is 8.64. The monoisotopic (exact) mass is 274 g/mol. The molecule has 0 aliphatic carbocycles. The van der Waals surface area contributed by atoms with Gasteiger partial charge in [-0.25, -0.2) is 4.79 Å². The van der Waals surface area contributed by atoms with Crippen molar-refractivity contribution in [3.63, 3.8) is 0 Å². The van der Waals surface area contributed by atoms with Gasteiger partial charge in [0.25, 0.3) is 0 Å². The van der Waals surface area contributed by atoms with Crippen LogP contribution in [-0.2, 0) is 4.74 Å². The van der Waals surface area contributed by atoms with E-state index in [0.29, 0.717) is 0 Å². The molecule has 6 heteroatoms. The van der Waals surface area contributed by atoms with Crippen molar-refractivity contribution < 1.29 is 27.4 Å². The molecule has 0 heterocycles. The van der Waals surface area contributed by atoms with Gasteiger partial charge < -0.3 is 9.47 Å². The van der Waals surface area contributed by atoms with E-state index in [1.165, 1.54) is 24.3 Å². The minimum Gasteiger partial charge on any atom is -0.452 e. The van der Waals surface area contributed by atoms with Gasteiger partial charge in [0, 0.05) is 0 Å². The fourth-order valence-corrected chi connectivity index (χ4v) is 1.18. The first kappa shape index (κ1) is 15.1. The highest BCUT2D eigenvalue weighted by Gasteiger charge is 2.33. The van der Waals surface area contributed by atoms with Gasteiger partial charge in [0.05, 0.1) is 0 Å². The van der Waals surface area contributed by atoms with E-state index in [9.17, 15) is 18.0 Å². The summed E-state index contributed by atoms with van der Waals surface area (Å²) in [5.74, 6) is -1.51. The zero-order chi connectivity index (χ0) is 14.7. The van der Waals surface area contributed by atoms with E-state index in [1.807, 2.05) is 0 Å². The van der Waals surface area contributed by atoms with Gasteiger partial charge in [-0.05, 0) is 32.1 Å². The lowest BCUT2D eigenvalue weighted by atomic mass is 10.1. The van der Waals surface area contributed by atoms with E-state index in [4.69, 9.17) is 4.74 Å². The summed E-state index contributed by atoms with van der Waals surface area (Å²) in [4.78, 5) is 11.8. The van der Waals surface area contributed by atoms with E-state index in [1.54, 1.807) is 13.8 Å². The van der Waals surface area contributed by atoms with Crippen molar-refractivity contribution in [3.05, 3.63) is 42.5 Å². The minimum atomic E-state index is -4.87. The van der Waals surface area contributed by atoms with Crippen LogP contribution in [0.4, 0.5) is 13.2 Å². The van der Waals surface area contributed by atoms with Crippen LogP contribution in [0.2, 0.25) is 0 Å². The largest absolute Gasteiger partial charge is 0.573 e. The maximum atomic E-state index is 12.2. The number of para-hydroxylation sites is 1. The van der Waals surface area contributed by atoms with Crippen molar-refractivity contribution >= 4 is 5.97 Å². The quantitative estimate of drug-likeness (QED) is 0.620. The highest BCUT2D eigenvalue weighted by Crippen LogP contribution is 2.27. The predicted molar refractivity (Wildman–Crippen MR) is 62.8 cm³/mol. The minimum absolute atomic E-state index is 0.297. The van der Waals surface area contributed by atoms with Gasteiger partial charge in [-0.1, -0.05) is 18.7 Å². The summed E-state index contributed by atoms with van der Waals surface area (Å²) in [6, 6.07) is 4.99. The van der Waals surface area contributed by atoms with Crippen LogP contribution in [0.3, 0.4) is 0 Å². The molecule has 0 atom stereocenters. The lowest BCUT2D eigenvalue weighted by molar-refractivity contribution is -0.274. The molecule has 0 radical (unpaired) electrons. The number of halogens is 3. The van der Waals surface area contributed by atoms with E-state index >= 15 is 0 Å². The summed E-state index contributed by atoms with van der Waals surface area (Å²) in [5.41, 5.74) is -1.28. The molecular weight excluding hydrogens is 261 g/mol. The number of benzene rings is 1. The van der Waals surface area contributed by atoms with Crippen LogP contribution in [0.25, 0.3) is 0 Å². The number of carbonyl (C=O) groups is 1. The average Bonchev–Trinajstić information content (AvgIpc) is 2.27. The second kappa shape index (κ2) is 5.34. The van der Waals surface area contributed by atoms with Gasteiger partial charge in [0.2, 0.25) is 0 Å². The smallest absolute Gasteiger partial charge is 0.452 e. The van der Waals surface area contributed by atoms with Crippen molar-refractivity contribution in [2.75, 3.05) is 0 Å². The Hall–Kier alpha value is -1.98. The van der Waals surface area contributed by atoms with Crippen molar-refractivity contribution in [2.24, 2.45) is 0 Å². The summed E-state index contributed by atoms with van der Waals surface area (Å²) in [6.07, 6.45) is -3.50.